The maximum absolute atomic E-state index is 5.83. The van der Waals surface area contributed by atoms with E-state index < -0.39 is 0 Å². The van der Waals surface area contributed by atoms with Crippen LogP contribution in [0, 0.1) is 0 Å². The Balaban J connectivity index is 2.25. The van der Waals surface area contributed by atoms with Crippen LogP contribution in [0.15, 0.2) is 36.7 Å². The molecule has 0 radical (unpaired) electrons. The molecule has 0 aliphatic rings. The Morgan fingerprint density at radius 1 is 1.20 bits per heavy atom. The van der Waals surface area contributed by atoms with E-state index in [0.717, 1.165) is 29.1 Å². The molecule has 0 aliphatic heterocycles. The summed E-state index contributed by atoms with van der Waals surface area (Å²) in [5.41, 5.74) is 2.29. The van der Waals surface area contributed by atoms with Crippen molar-refractivity contribution in [3.05, 3.63) is 41.7 Å². The second-order valence-electron chi connectivity index (χ2n) is 3.50. The average molecular weight is 221 g/mol. The summed E-state index contributed by atoms with van der Waals surface area (Å²) in [7, 11) is 0. The first kappa shape index (κ1) is 10.2. The monoisotopic (exact) mass is 220 g/mol. The third kappa shape index (κ3) is 2.39. The van der Waals surface area contributed by atoms with Crippen LogP contribution in [0.2, 0.25) is 5.02 Å². The van der Waals surface area contributed by atoms with Gasteiger partial charge in [-0.2, -0.15) is 5.10 Å². The van der Waals surface area contributed by atoms with Gasteiger partial charge in [0.15, 0.2) is 0 Å². The van der Waals surface area contributed by atoms with Crippen LogP contribution in [-0.4, -0.2) is 9.78 Å². The van der Waals surface area contributed by atoms with Gasteiger partial charge in [-0.15, -0.1) is 0 Å². The molecule has 15 heavy (non-hydrogen) atoms. The molecule has 0 unspecified atom stereocenters. The summed E-state index contributed by atoms with van der Waals surface area (Å²) in [5, 5.41) is 5.05. The maximum atomic E-state index is 5.83. The van der Waals surface area contributed by atoms with Gasteiger partial charge in [-0.05, 0) is 24.1 Å². The van der Waals surface area contributed by atoms with Crippen LogP contribution in [0.3, 0.4) is 0 Å². The molecule has 0 N–H and O–H groups in total. The molecule has 3 heteroatoms. The van der Waals surface area contributed by atoms with Crippen molar-refractivity contribution in [3.8, 4) is 11.1 Å². The Morgan fingerprint density at radius 2 is 1.93 bits per heavy atom. The first-order valence-electron chi connectivity index (χ1n) is 5.08. The van der Waals surface area contributed by atoms with E-state index in [-0.39, 0.29) is 0 Å². The molecule has 0 saturated carbocycles. The first-order valence-corrected chi connectivity index (χ1v) is 5.46. The number of aromatic nitrogens is 2. The van der Waals surface area contributed by atoms with Gasteiger partial charge in [0, 0.05) is 23.3 Å². The lowest BCUT2D eigenvalue weighted by Gasteiger charge is -1.97. The van der Waals surface area contributed by atoms with Crippen molar-refractivity contribution >= 4 is 11.6 Å². The van der Waals surface area contributed by atoms with Gasteiger partial charge < -0.3 is 0 Å². The highest BCUT2D eigenvalue weighted by molar-refractivity contribution is 6.30. The van der Waals surface area contributed by atoms with E-state index in [4.69, 9.17) is 11.6 Å². The van der Waals surface area contributed by atoms with Gasteiger partial charge in [-0.1, -0.05) is 30.7 Å². The van der Waals surface area contributed by atoms with Crippen molar-refractivity contribution < 1.29 is 0 Å². The van der Waals surface area contributed by atoms with Crippen LogP contribution >= 0.6 is 11.6 Å². The molecular weight excluding hydrogens is 208 g/mol. The third-order valence-electron chi connectivity index (χ3n) is 2.26. The number of nitrogens with zero attached hydrogens (tertiary/aromatic N) is 2. The number of aryl methyl sites for hydroxylation is 1. The van der Waals surface area contributed by atoms with E-state index in [1.54, 1.807) is 0 Å². The van der Waals surface area contributed by atoms with Crippen LogP contribution in [0.25, 0.3) is 11.1 Å². The molecule has 2 nitrogen and oxygen atoms in total. The van der Waals surface area contributed by atoms with E-state index in [2.05, 4.69) is 18.2 Å². The zero-order chi connectivity index (χ0) is 10.7. The van der Waals surface area contributed by atoms with E-state index >= 15 is 0 Å². The Bertz CT molecular complexity index is 431. The Hall–Kier alpha value is -1.28. The summed E-state index contributed by atoms with van der Waals surface area (Å²) in [4.78, 5) is 0. The van der Waals surface area contributed by atoms with Gasteiger partial charge in [-0.3, -0.25) is 4.68 Å². The first-order chi connectivity index (χ1) is 7.29. The molecule has 1 heterocycles. The highest BCUT2D eigenvalue weighted by atomic mass is 35.5. The normalized spacial score (nSPS) is 10.5. The van der Waals surface area contributed by atoms with E-state index in [0.29, 0.717) is 0 Å². The molecule has 1 aromatic carbocycles. The maximum Gasteiger partial charge on any atom is 0.0568 e. The fourth-order valence-corrected chi connectivity index (χ4v) is 1.63. The summed E-state index contributed by atoms with van der Waals surface area (Å²) in [6, 6.07) is 7.81. The Kier molecular flexibility index (Phi) is 3.07. The van der Waals surface area contributed by atoms with Crippen molar-refractivity contribution in [2.45, 2.75) is 19.9 Å². The van der Waals surface area contributed by atoms with Crippen LogP contribution in [0.1, 0.15) is 13.3 Å². The summed E-state index contributed by atoms with van der Waals surface area (Å²) >= 11 is 5.83. The van der Waals surface area contributed by atoms with Crippen LogP contribution in [-0.2, 0) is 6.54 Å². The molecule has 2 rings (SSSR count). The predicted molar refractivity (Wildman–Crippen MR) is 63.0 cm³/mol. The Morgan fingerprint density at radius 3 is 2.60 bits per heavy atom. The highest BCUT2D eigenvalue weighted by Gasteiger charge is 2.00. The van der Waals surface area contributed by atoms with E-state index in [1.807, 2.05) is 35.1 Å². The summed E-state index contributed by atoms with van der Waals surface area (Å²) in [6.07, 6.45) is 5.05. The predicted octanol–water partition coefficient (Wildman–Crippen LogP) is 3.61. The minimum atomic E-state index is 0.764. The number of rotatable bonds is 3. The molecule has 0 fully saturated rings. The van der Waals surface area contributed by atoms with Gasteiger partial charge in [0.1, 0.15) is 0 Å². The second kappa shape index (κ2) is 4.49. The fraction of sp³-hybridized carbons (Fsp3) is 0.250. The standard InChI is InChI=1S/C12H13ClN2/c1-2-7-15-9-11(8-14-15)10-3-5-12(13)6-4-10/h3-6,8-9H,2,7H2,1H3. The Labute approximate surface area is 94.5 Å². The minimum absolute atomic E-state index is 0.764. The number of halogens is 1. The van der Waals surface area contributed by atoms with Crippen LogP contribution < -0.4 is 0 Å². The fourth-order valence-electron chi connectivity index (χ4n) is 1.51. The molecule has 0 saturated heterocycles. The molecule has 0 atom stereocenters. The van der Waals surface area contributed by atoms with Crippen molar-refractivity contribution in [1.82, 2.24) is 9.78 Å². The lowest BCUT2D eigenvalue weighted by atomic mass is 10.1. The van der Waals surface area contributed by atoms with Gasteiger partial charge in [-0.25, -0.2) is 0 Å². The molecule has 2 aromatic rings. The highest BCUT2D eigenvalue weighted by Crippen LogP contribution is 2.20. The van der Waals surface area contributed by atoms with Crippen molar-refractivity contribution in [3.63, 3.8) is 0 Å². The largest absolute Gasteiger partial charge is 0.272 e. The van der Waals surface area contributed by atoms with E-state index in [1.165, 1.54) is 0 Å². The quantitative estimate of drug-likeness (QED) is 0.773. The third-order valence-corrected chi connectivity index (χ3v) is 2.52. The molecule has 0 spiro atoms. The van der Waals surface area contributed by atoms with Crippen molar-refractivity contribution in [2.24, 2.45) is 0 Å². The lowest BCUT2D eigenvalue weighted by molar-refractivity contribution is 0.603. The number of hydrogen-bond donors (Lipinski definition) is 0. The number of hydrogen-bond acceptors (Lipinski definition) is 1. The van der Waals surface area contributed by atoms with Crippen molar-refractivity contribution in [2.75, 3.05) is 0 Å². The van der Waals surface area contributed by atoms with Gasteiger partial charge in [0.25, 0.3) is 0 Å². The average Bonchev–Trinajstić information content (AvgIpc) is 2.68. The molecule has 0 amide bonds. The zero-order valence-electron chi connectivity index (χ0n) is 8.65. The summed E-state index contributed by atoms with van der Waals surface area (Å²) in [6.45, 7) is 3.11. The smallest absolute Gasteiger partial charge is 0.0568 e. The minimum Gasteiger partial charge on any atom is -0.272 e. The second-order valence-corrected chi connectivity index (χ2v) is 3.94. The van der Waals surface area contributed by atoms with E-state index in [9.17, 15) is 0 Å². The van der Waals surface area contributed by atoms with Gasteiger partial charge in [0.2, 0.25) is 0 Å². The topological polar surface area (TPSA) is 17.8 Å². The van der Waals surface area contributed by atoms with Crippen molar-refractivity contribution in [1.29, 1.82) is 0 Å². The number of benzene rings is 1. The van der Waals surface area contributed by atoms with Crippen LogP contribution in [0.5, 0.6) is 0 Å². The molecule has 0 bridgehead atoms. The van der Waals surface area contributed by atoms with Gasteiger partial charge >= 0.3 is 0 Å². The van der Waals surface area contributed by atoms with Crippen LogP contribution in [0.4, 0.5) is 0 Å². The molecular formula is C12H13ClN2. The summed E-state index contributed by atoms with van der Waals surface area (Å²) < 4.78 is 1.96. The molecule has 78 valence electrons. The summed E-state index contributed by atoms with van der Waals surface area (Å²) in [5.74, 6) is 0. The zero-order valence-corrected chi connectivity index (χ0v) is 9.41. The molecule has 1 aromatic heterocycles. The lowest BCUT2D eigenvalue weighted by Crippen LogP contribution is -1.95. The SMILES string of the molecule is CCCn1cc(-c2ccc(Cl)cc2)cn1. The molecule has 0 aliphatic carbocycles. The van der Waals surface area contributed by atoms with Gasteiger partial charge in [0.05, 0.1) is 6.20 Å².